The van der Waals surface area contributed by atoms with Crippen molar-refractivity contribution in [2.45, 2.75) is 42.3 Å². The molecule has 0 radical (unpaired) electrons. The number of halogens is 3. The maximum absolute atomic E-state index is 13.2. The maximum atomic E-state index is 13.2. The zero-order valence-corrected chi connectivity index (χ0v) is 19.6. The van der Waals surface area contributed by atoms with E-state index >= 15 is 0 Å². The third-order valence-electron chi connectivity index (χ3n) is 5.65. The van der Waals surface area contributed by atoms with Gasteiger partial charge in [-0.15, -0.1) is 11.3 Å². The number of nitrogens with one attached hydrogen (secondary N) is 1. The second kappa shape index (κ2) is 9.68. The van der Waals surface area contributed by atoms with Gasteiger partial charge < -0.3 is 15.3 Å². The van der Waals surface area contributed by atoms with E-state index in [4.69, 9.17) is 0 Å². The van der Waals surface area contributed by atoms with E-state index in [0.29, 0.717) is 23.0 Å². The van der Waals surface area contributed by atoms with Crippen LogP contribution in [0.4, 0.5) is 18.9 Å². The summed E-state index contributed by atoms with van der Waals surface area (Å²) in [4.78, 5) is 2.01. The summed E-state index contributed by atoms with van der Waals surface area (Å²) in [5, 5.41) is 15.0. The molecular formula is C21H28F3N3O3S2. The second-order valence-electron chi connectivity index (χ2n) is 7.96. The van der Waals surface area contributed by atoms with Gasteiger partial charge >= 0.3 is 6.18 Å². The van der Waals surface area contributed by atoms with Crippen LogP contribution < -0.4 is 10.2 Å². The van der Waals surface area contributed by atoms with Gasteiger partial charge in [0.15, 0.2) is 5.60 Å². The summed E-state index contributed by atoms with van der Waals surface area (Å²) in [7, 11) is -3.59. The molecule has 0 amide bonds. The highest BCUT2D eigenvalue weighted by Crippen LogP contribution is 2.39. The molecule has 6 nitrogen and oxygen atoms in total. The van der Waals surface area contributed by atoms with Crippen LogP contribution >= 0.6 is 11.3 Å². The number of thiophene rings is 1. The Morgan fingerprint density at radius 2 is 1.88 bits per heavy atom. The number of hydrogen-bond acceptors (Lipinski definition) is 6. The minimum absolute atomic E-state index is 0.195. The van der Waals surface area contributed by atoms with Crippen LogP contribution in [0, 0.1) is 0 Å². The van der Waals surface area contributed by atoms with Gasteiger partial charge in [-0.25, -0.2) is 8.42 Å². The van der Waals surface area contributed by atoms with Gasteiger partial charge in [0.25, 0.3) is 10.0 Å². The number of rotatable bonds is 8. The number of nitrogens with zero attached hydrogens (tertiary/aromatic N) is 2. The van der Waals surface area contributed by atoms with Crippen LogP contribution in [0.3, 0.4) is 0 Å². The van der Waals surface area contributed by atoms with E-state index in [2.05, 4.69) is 5.32 Å². The van der Waals surface area contributed by atoms with E-state index in [9.17, 15) is 26.7 Å². The Hall–Kier alpha value is -1.66. The first kappa shape index (κ1) is 25.0. The predicted molar refractivity (Wildman–Crippen MR) is 119 cm³/mol. The number of benzene rings is 1. The first-order chi connectivity index (χ1) is 15.0. The van der Waals surface area contributed by atoms with Gasteiger partial charge in [-0.3, -0.25) is 0 Å². The minimum Gasteiger partial charge on any atom is -0.376 e. The summed E-state index contributed by atoms with van der Waals surface area (Å²) in [6.07, 6.45) is -3.87. The lowest BCUT2D eigenvalue weighted by Gasteiger charge is -2.42. The SMILES string of the molecule is CCCNC[C@H]1CN(S(=O)(=O)c2cccs2)CCN1c1ccc(C(C)(O)C(F)(F)F)cc1. The first-order valence-electron chi connectivity index (χ1n) is 10.4. The van der Waals surface area contributed by atoms with Gasteiger partial charge in [0.05, 0.1) is 6.04 Å². The summed E-state index contributed by atoms with van der Waals surface area (Å²) >= 11 is 1.17. The molecule has 1 aromatic heterocycles. The molecule has 1 saturated heterocycles. The summed E-state index contributed by atoms with van der Waals surface area (Å²) in [5.74, 6) is 0. The highest BCUT2D eigenvalue weighted by Gasteiger charge is 2.51. The molecule has 0 spiro atoms. The van der Waals surface area contributed by atoms with Gasteiger partial charge in [0.2, 0.25) is 0 Å². The smallest absolute Gasteiger partial charge is 0.376 e. The molecule has 32 heavy (non-hydrogen) atoms. The van der Waals surface area contributed by atoms with Crippen molar-refractivity contribution in [2.24, 2.45) is 0 Å². The van der Waals surface area contributed by atoms with Crippen molar-refractivity contribution in [3.05, 3.63) is 47.3 Å². The fraction of sp³-hybridized carbons (Fsp3) is 0.524. The van der Waals surface area contributed by atoms with E-state index < -0.39 is 21.8 Å². The molecule has 0 aliphatic carbocycles. The van der Waals surface area contributed by atoms with Crippen LogP contribution in [-0.4, -0.2) is 62.8 Å². The molecule has 2 N–H and O–H groups in total. The zero-order chi connectivity index (χ0) is 23.6. The van der Waals surface area contributed by atoms with Crippen LogP contribution in [0.25, 0.3) is 0 Å². The molecule has 1 aliphatic heterocycles. The lowest BCUT2D eigenvalue weighted by atomic mass is 9.95. The van der Waals surface area contributed by atoms with Crippen molar-refractivity contribution in [1.82, 2.24) is 9.62 Å². The lowest BCUT2D eigenvalue weighted by molar-refractivity contribution is -0.258. The number of anilines is 1. The average molecular weight is 492 g/mol. The third-order valence-corrected chi connectivity index (χ3v) is 8.89. The van der Waals surface area contributed by atoms with Crippen LogP contribution in [0.5, 0.6) is 0 Å². The Morgan fingerprint density at radius 1 is 1.19 bits per heavy atom. The van der Waals surface area contributed by atoms with Gasteiger partial charge in [-0.1, -0.05) is 25.1 Å². The topological polar surface area (TPSA) is 72.9 Å². The van der Waals surface area contributed by atoms with Crippen molar-refractivity contribution in [3.8, 4) is 0 Å². The predicted octanol–water partition coefficient (Wildman–Crippen LogP) is 3.40. The van der Waals surface area contributed by atoms with Gasteiger partial charge in [0, 0.05) is 31.9 Å². The van der Waals surface area contributed by atoms with Crippen LogP contribution in [-0.2, 0) is 15.6 Å². The van der Waals surface area contributed by atoms with Crippen molar-refractivity contribution in [3.63, 3.8) is 0 Å². The van der Waals surface area contributed by atoms with Gasteiger partial charge in [-0.2, -0.15) is 17.5 Å². The molecule has 1 aliphatic rings. The van der Waals surface area contributed by atoms with E-state index in [-0.39, 0.29) is 24.7 Å². The number of alkyl halides is 3. The molecule has 0 bridgehead atoms. The van der Waals surface area contributed by atoms with E-state index in [0.717, 1.165) is 19.9 Å². The number of aliphatic hydroxyl groups is 1. The fourth-order valence-corrected chi connectivity index (χ4v) is 6.30. The van der Waals surface area contributed by atoms with Crippen LogP contribution in [0.15, 0.2) is 46.0 Å². The summed E-state index contributed by atoms with van der Waals surface area (Å²) in [6, 6.07) is 8.73. The largest absolute Gasteiger partial charge is 0.421 e. The average Bonchev–Trinajstić information content (AvgIpc) is 3.29. The number of piperazine rings is 1. The first-order valence-corrected chi connectivity index (χ1v) is 12.7. The van der Waals surface area contributed by atoms with E-state index in [1.807, 2.05) is 11.8 Å². The Kier molecular flexibility index (Phi) is 7.55. The molecule has 2 atom stereocenters. The quantitative estimate of drug-likeness (QED) is 0.554. The molecule has 3 rings (SSSR count). The molecule has 2 aromatic rings. The van der Waals surface area contributed by atoms with E-state index in [1.165, 1.54) is 27.8 Å². The molecule has 1 unspecified atom stereocenters. The summed E-state index contributed by atoms with van der Waals surface area (Å²) in [5.41, 5.74) is -2.50. The monoisotopic (exact) mass is 491 g/mol. The standard InChI is InChI=1S/C21H28F3N3O3S2/c1-3-10-25-14-18-15-26(32(29,30)19-5-4-13-31-19)11-12-27(18)17-8-6-16(7-9-17)20(2,28)21(22,23)24/h4-9,13,18,25,28H,3,10-12,14-15H2,1-2H3/t18-,20?/m0/s1. The summed E-state index contributed by atoms with van der Waals surface area (Å²) < 4.78 is 67.2. The highest BCUT2D eigenvalue weighted by molar-refractivity contribution is 7.91. The maximum Gasteiger partial charge on any atom is 0.421 e. The molecule has 178 valence electrons. The Morgan fingerprint density at radius 3 is 2.44 bits per heavy atom. The molecule has 11 heteroatoms. The molecule has 0 saturated carbocycles. The number of sulfonamides is 1. The van der Waals surface area contributed by atoms with Crippen molar-refractivity contribution < 1.29 is 26.7 Å². The Bertz CT molecular complexity index is 978. The van der Waals surface area contributed by atoms with Crippen molar-refractivity contribution in [2.75, 3.05) is 37.6 Å². The minimum atomic E-state index is -4.79. The molecular weight excluding hydrogens is 463 g/mol. The Labute approximate surface area is 190 Å². The van der Waals surface area contributed by atoms with Crippen molar-refractivity contribution in [1.29, 1.82) is 0 Å². The van der Waals surface area contributed by atoms with E-state index in [1.54, 1.807) is 29.6 Å². The third kappa shape index (κ3) is 5.12. The normalized spacial score (nSPS) is 20.3. The Balaban J connectivity index is 1.82. The summed E-state index contributed by atoms with van der Waals surface area (Å²) in [6.45, 7) is 5.00. The van der Waals surface area contributed by atoms with Crippen LogP contribution in [0.2, 0.25) is 0 Å². The fourth-order valence-electron chi connectivity index (χ4n) is 3.68. The zero-order valence-electron chi connectivity index (χ0n) is 18.0. The molecule has 1 fully saturated rings. The van der Waals surface area contributed by atoms with Gasteiger partial charge in [0.1, 0.15) is 4.21 Å². The number of hydrogen-bond donors (Lipinski definition) is 2. The lowest BCUT2D eigenvalue weighted by Crippen LogP contribution is -2.58. The molecule has 1 aromatic carbocycles. The highest BCUT2D eigenvalue weighted by atomic mass is 32.2. The van der Waals surface area contributed by atoms with Crippen molar-refractivity contribution >= 4 is 27.0 Å². The van der Waals surface area contributed by atoms with Crippen LogP contribution in [0.1, 0.15) is 25.8 Å². The molecule has 2 heterocycles. The second-order valence-corrected chi connectivity index (χ2v) is 11.1. The van der Waals surface area contributed by atoms with Gasteiger partial charge in [-0.05, 0) is 49.0 Å².